The monoisotopic (exact) mass is 524 g/mol. The Morgan fingerprint density at radius 2 is 1.49 bits per heavy atom. The molecule has 6 nitrogen and oxygen atoms in total. The average molecular weight is 525 g/mol. The summed E-state index contributed by atoms with van der Waals surface area (Å²) in [6.45, 7) is 0. The average Bonchev–Trinajstić information content (AvgIpc) is 3.34. The number of aromatic nitrogens is 1. The number of carboxylic acid groups (broad SMARTS) is 1. The summed E-state index contributed by atoms with van der Waals surface area (Å²) >= 11 is 2.81. The molecule has 5 rings (SSSR count). The molecule has 1 heterocycles. The topological polar surface area (TPSA) is 96.4 Å². The van der Waals surface area contributed by atoms with Crippen LogP contribution in [0.4, 0.5) is 5.69 Å². The number of hydrogen-bond acceptors (Lipinski definition) is 6. The number of carboxylic acids is 1. The molecule has 182 valence electrons. The molecule has 0 atom stereocenters. The Morgan fingerprint density at radius 1 is 0.811 bits per heavy atom. The van der Waals surface area contributed by atoms with Crippen LogP contribution in [0, 0.1) is 0 Å². The lowest BCUT2D eigenvalue weighted by atomic mass is 10.0. The van der Waals surface area contributed by atoms with Crippen LogP contribution in [0.5, 0.6) is 0 Å². The van der Waals surface area contributed by atoms with Crippen LogP contribution < -0.4 is 5.32 Å². The fourth-order valence-corrected chi connectivity index (χ4v) is 5.80. The first-order chi connectivity index (χ1) is 18.0. The summed E-state index contributed by atoms with van der Waals surface area (Å²) in [6, 6.07) is 29.0. The maximum Gasteiger partial charge on any atom is 0.336 e. The van der Waals surface area contributed by atoms with Gasteiger partial charge in [-0.05, 0) is 41.5 Å². The second-order valence-corrected chi connectivity index (χ2v) is 10.4. The van der Waals surface area contributed by atoms with E-state index >= 15 is 0 Å². The van der Waals surface area contributed by atoms with Gasteiger partial charge in [-0.3, -0.25) is 9.59 Å². The summed E-state index contributed by atoms with van der Waals surface area (Å²) in [4.78, 5) is 41.4. The number of thiazole rings is 1. The van der Waals surface area contributed by atoms with Crippen molar-refractivity contribution in [2.45, 2.75) is 4.34 Å². The zero-order valence-corrected chi connectivity index (χ0v) is 21.0. The standard InChI is InChI=1S/C29H20N2O4S2/c32-25(20-12-10-19(11-13-20)18-6-2-1-3-7-18)17-36-29-31-24-15-14-21(16-26(24)37-29)30-27(33)22-8-4-5-9-23(22)28(34)35/h1-16H,17H2,(H,30,33)(H,34,35). The number of hydrogen-bond donors (Lipinski definition) is 2. The highest BCUT2D eigenvalue weighted by atomic mass is 32.2. The third-order valence-electron chi connectivity index (χ3n) is 5.67. The van der Waals surface area contributed by atoms with E-state index in [1.165, 1.54) is 35.2 Å². The van der Waals surface area contributed by atoms with Gasteiger partial charge >= 0.3 is 5.97 Å². The van der Waals surface area contributed by atoms with Gasteiger partial charge in [0.25, 0.3) is 5.91 Å². The first-order valence-electron chi connectivity index (χ1n) is 11.3. The predicted octanol–water partition coefficient (Wildman–Crippen LogP) is 6.89. The van der Waals surface area contributed by atoms with E-state index in [2.05, 4.69) is 10.3 Å². The molecule has 2 N–H and O–H groups in total. The number of nitrogens with zero attached hydrogens (tertiary/aromatic N) is 1. The van der Waals surface area contributed by atoms with Crippen molar-refractivity contribution in [3.8, 4) is 11.1 Å². The molecule has 8 heteroatoms. The van der Waals surface area contributed by atoms with Crippen molar-refractivity contribution in [1.82, 2.24) is 4.98 Å². The van der Waals surface area contributed by atoms with E-state index in [0.29, 0.717) is 11.3 Å². The molecule has 0 spiro atoms. The quantitative estimate of drug-likeness (QED) is 0.170. The van der Waals surface area contributed by atoms with Gasteiger partial charge in [0.05, 0.1) is 27.1 Å². The normalized spacial score (nSPS) is 10.8. The van der Waals surface area contributed by atoms with Crippen molar-refractivity contribution in [2.24, 2.45) is 0 Å². The van der Waals surface area contributed by atoms with Gasteiger partial charge < -0.3 is 10.4 Å². The molecule has 4 aromatic carbocycles. The second kappa shape index (κ2) is 10.8. The molecule has 0 bridgehead atoms. The van der Waals surface area contributed by atoms with Crippen molar-refractivity contribution < 1.29 is 19.5 Å². The Labute approximate surface area is 221 Å². The molecule has 0 radical (unpaired) electrons. The lowest BCUT2D eigenvalue weighted by molar-refractivity contribution is 0.0692. The minimum absolute atomic E-state index is 0.0221. The number of ketones is 1. The van der Waals surface area contributed by atoms with Gasteiger partial charge in [-0.2, -0.15) is 0 Å². The van der Waals surface area contributed by atoms with Crippen LogP contribution in [0.25, 0.3) is 21.3 Å². The van der Waals surface area contributed by atoms with Crippen LogP contribution in [0.3, 0.4) is 0 Å². The molecule has 5 aromatic rings. The molecule has 37 heavy (non-hydrogen) atoms. The number of fused-ring (bicyclic) bond motifs is 1. The number of benzene rings is 4. The number of thioether (sulfide) groups is 1. The maximum absolute atomic E-state index is 12.7. The molecule has 1 aromatic heterocycles. The summed E-state index contributed by atoms with van der Waals surface area (Å²) in [5.74, 6) is -1.37. The third kappa shape index (κ3) is 5.61. The minimum atomic E-state index is -1.16. The minimum Gasteiger partial charge on any atom is -0.478 e. The van der Waals surface area contributed by atoms with Crippen molar-refractivity contribution >= 4 is 56.7 Å². The highest BCUT2D eigenvalue weighted by Gasteiger charge is 2.16. The van der Waals surface area contributed by atoms with Crippen LogP contribution >= 0.6 is 23.1 Å². The van der Waals surface area contributed by atoms with Crippen LogP contribution in [0.1, 0.15) is 31.1 Å². The van der Waals surface area contributed by atoms with Gasteiger partial charge in [-0.25, -0.2) is 9.78 Å². The molecule has 0 fully saturated rings. The number of amides is 1. The Balaban J connectivity index is 1.24. The van der Waals surface area contributed by atoms with Crippen LogP contribution in [0.15, 0.2) is 101 Å². The molecule has 0 unspecified atom stereocenters. The molecule has 0 aliphatic rings. The zero-order valence-electron chi connectivity index (χ0n) is 19.4. The van der Waals surface area contributed by atoms with Crippen molar-refractivity contribution in [1.29, 1.82) is 0 Å². The SMILES string of the molecule is O=C(CSc1nc2ccc(NC(=O)c3ccccc3C(=O)O)cc2s1)c1ccc(-c2ccccc2)cc1. The van der Waals surface area contributed by atoms with Crippen molar-refractivity contribution in [2.75, 3.05) is 11.1 Å². The first kappa shape index (κ1) is 24.4. The molecule has 0 saturated heterocycles. The number of carbonyl (C=O) groups is 3. The van der Waals surface area contributed by atoms with E-state index in [4.69, 9.17) is 0 Å². The lowest BCUT2D eigenvalue weighted by Crippen LogP contribution is -2.16. The summed E-state index contributed by atoms with van der Waals surface area (Å²) in [5.41, 5.74) is 4.14. The van der Waals surface area contributed by atoms with E-state index in [0.717, 1.165) is 25.7 Å². The van der Waals surface area contributed by atoms with Gasteiger partial charge in [0.15, 0.2) is 10.1 Å². The summed E-state index contributed by atoms with van der Waals surface area (Å²) in [5, 5.41) is 12.1. The van der Waals surface area contributed by atoms with E-state index in [1.807, 2.05) is 54.6 Å². The Kier molecular flexibility index (Phi) is 7.11. The summed E-state index contributed by atoms with van der Waals surface area (Å²) < 4.78 is 1.61. The molecule has 0 aliphatic carbocycles. The smallest absolute Gasteiger partial charge is 0.336 e. The highest BCUT2D eigenvalue weighted by molar-refractivity contribution is 8.01. The summed E-state index contributed by atoms with van der Waals surface area (Å²) in [6.07, 6.45) is 0. The first-order valence-corrected chi connectivity index (χ1v) is 13.1. The van der Waals surface area contributed by atoms with Gasteiger partial charge in [-0.1, -0.05) is 78.5 Å². The molecular weight excluding hydrogens is 504 g/mol. The molecule has 0 aliphatic heterocycles. The van der Waals surface area contributed by atoms with E-state index in [-0.39, 0.29) is 22.7 Å². The second-order valence-electron chi connectivity index (χ2n) is 8.12. The van der Waals surface area contributed by atoms with Gasteiger partial charge in [-0.15, -0.1) is 11.3 Å². The third-order valence-corrected chi connectivity index (χ3v) is 7.83. The number of Topliss-reactive ketones (excluding diaryl/α,β-unsaturated/α-hetero) is 1. The fraction of sp³-hybridized carbons (Fsp3) is 0.0345. The van der Waals surface area contributed by atoms with Crippen LogP contribution in [0.2, 0.25) is 0 Å². The van der Waals surface area contributed by atoms with Crippen molar-refractivity contribution in [3.63, 3.8) is 0 Å². The van der Waals surface area contributed by atoms with Gasteiger partial charge in [0.1, 0.15) is 0 Å². The van der Waals surface area contributed by atoms with E-state index in [9.17, 15) is 19.5 Å². The van der Waals surface area contributed by atoms with E-state index in [1.54, 1.807) is 30.3 Å². The predicted molar refractivity (Wildman–Crippen MR) is 148 cm³/mol. The Hall–Kier alpha value is -4.27. The lowest BCUT2D eigenvalue weighted by Gasteiger charge is -2.07. The Morgan fingerprint density at radius 3 is 2.22 bits per heavy atom. The largest absolute Gasteiger partial charge is 0.478 e. The van der Waals surface area contributed by atoms with Crippen molar-refractivity contribution in [3.05, 3.63) is 114 Å². The molecular formula is C29H20N2O4S2. The van der Waals surface area contributed by atoms with Gasteiger partial charge in [0.2, 0.25) is 0 Å². The maximum atomic E-state index is 12.7. The van der Waals surface area contributed by atoms with Gasteiger partial charge in [0, 0.05) is 11.3 Å². The number of nitrogens with one attached hydrogen (secondary N) is 1. The molecule has 0 saturated carbocycles. The zero-order chi connectivity index (χ0) is 25.8. The number of anilines is 1. The highest BCUT2D eigenvalue weighted by Crippen LogP contribution is 2.32. The van der Waals surface area contributed by atoms with Crippen LogP contribution in [-0.4, -0.2) is 33.5 Å². The van der Waals surface area contributed by atoms with E-state index < -0.39 is 11.9 Å². The van der Waals surface area contributed by atoms with Crippen LogP contribution in [-0.2, 0) is 0 Å². The fourth-order valence-electron chi connectivity index (χ4n) is 3.80. The summed E-state index contributed by atoms with van der Waals surface area (Å²) in [7, 11) is 0. The number of aromatic carboxylic acids is 1. The molecule has 1 amide bonds. The number of carbonyl (C=O) groups excluding carboxylic acids is 2. The number of rotatable bonds is 8. The Bertz CT molecular complexity index is 1610.